The molecule has 184 valence electrons. The van der Waals surface area contributed by atoms with Gasteiger partial charge in [0.1, 0.15) is 5.82 Å². The number of pyridine rings is 2. The summed E-state index contributed by atoms with van der Waals surface area (Å²) in [5.74, 6) is 0.868. The predicted molar refractivity (Wildman–Crippen MR) is 146 cm³/mol. The van der Waals surface area contributed by atoms with Crippen molar-refractivity contribution in [2.24, 2.45) is 11.1 Å². The van der Waals surface area contributed by atoms with Crippen LogP contribution in [0.4, 0.5) is 5.82 Å². The highest BCUT2D eigenvalue weighted by Gasteiger charge is 2.46. The first-order valence-corrected chi connectivity index (χ1v) is 13.4. The number of anilines is 1. The zero-order valence-corrected chi connectivity index (χ0v) is 20.8. The van der Waals surface area contributed by atoms with E-state index < -0.39 is 0 Å². The maximum Gasteiger partial charge on any atom is 0.133 e. The molecule has 5 heteroatoms. The molecule has 0 saturated heterocycles. The normalized spacial score (nSPS) is 25.4. The molecule has 2 aromatic heterocycles. The van der Waals surface area contributed by atoms with Crippen LogP contribution in [-0.4, -0.2) is 15.7 Å². The third-order valence-electron chi connectivity index (χ3n) is 8.89. The highest BCUT2D eigenvalue weighted by atomic mass is 14.9. The van der Waals surface area contributed by atoms with E-state index >= 15 is 0 Å². The Morgan fingerprint density at radius 2 is 1.78 bits per heavy atom. The summed E-state index contributed by atoms with van der Waals surface area (Å²) in [7, 11) is 0. The Morgan fingerprint density at radius 3 is 2.58 bits per heavy atom. The molecule has 1 atom stereocenters. The van der Waals surface area contributed by atoms with Gasteiger partial charge in [0.25, 0.3) is 0 Å². The zero-order chi connectivity index (χ0) is 24.7. The number of aryl methyl sites for hydroxylation is 1. The second-order valence-corrected chi connectivity index (χ2v) is 10.9. The van der Waals surface area contributed by atoms with Crippen molar-refractivity contribution in [3.05, 3.63) is 93.9 Å². The van der Waals surface area contributed by atoms with Gasteiger partial charge in [-0.25, -0.2) is 4.98 Å². The Kier molecular flexibility index (Phi) is 5.96. The molecule has 1 fully saturated rings. The van der Waals surface area contributed by atoms with Crippen molar-refractivity contribution in [3.63, 3.8) is 0 Å². The van der Waals surface area contributed by atoms with E-state index in [1.807, 2.05) is 18.3 Å². The van der Waals surface area contributed by atoms with Crippen molar-refractivity contribution in [3.8, 4) is 0 Å². The smallest absolute Gasteiger partial charge is 0.133 e. The maximum atomic E-state index is 8.96. The Bertz CT molecular complexity index is 1330. The molecule has 0 radical (unpaired) electrons. The monoisotopic (exact) mass is 477 g/mol. The van der Waals surface area contributed by atoms with Crippen molar-refractivity contribution in [1.82, 2.24) is 9.97 Å². The lowest BCUT2D eigenvalue weighted by Crippen LogP contribution is -2.35. The number of rotatable bonds is 3. The SMILES string of the molecule is N=C(C1=Cc2cccnc2CCCC1)c1ccc(C2CCC3(CC2)Cc2ccccc2[C@H]3N)nc1N. The molecule has 1 saturated carbocycles. The average molecular weight is 478 g/mol. The first-order chi connectivity index (χ1) is 17.5. The second kappa shape index (κ2) is 9.29. The summed E-state index contributed by atoms with van der Waals surface area (Å²) in [5, 5.41) is 8.96. The lowest BCUT2D eigenvalue weighted by molar-refractivity contribution is 0.148. The average Bonchev–Trinajstić information content (AvgIpc) is 3.15. The lowest BCUT2D eigenvalue weighted by Gasteiger charge is -2.40. The molecule has 6 rings (SSSR count). The van der Waals surface area contributed by atoms with Gasteiger partial charge < -0.3 is 11.5 Å². The number of nitrogens with one attached hydrogen (secondary N) is 1. The predicted octanol–water partition coefficient (Wildman–Crippen LogP) is 6.14. The first-order valence-electron chi connectivity index (χ1n) is 13.4. The molecule has 3 aromatic rings. The third-order valence-corrected chi connectivity index (χ3v) is 8.89. The van der Waals surface area contributed by atoms with Crippen LogP contribution in [0, 0.1) is 10.8 Å². The molecule has 1 aromatic carbocycles. The van der Waals surface area contributed by atoms with E-state index in [1.54, 1.807) is 0 Å². The van der Waals surface area contributed by atoms with E-state index in [0.717, 1.165) is 85.9 Å². The number of nitrogens with zero attached hydrogens (tertiary/aromatic N) is 2. The molecule has 0 amide bonds. The van der Waals surface area contributed by atoms with E-state index in [0.29, 0.717) is 17.4 Å². The Hall–Kier alpha value is -3.31. The van der Waals surface area contributed by atoms with E-state index in [2.05, 4.69) is 47.5 Å². The van der Waals surface area contributed by atoms with Crippen LogP contribution in [0.25, 0.3) is 6.08 Å². The number of hydrogen-bond acceptors (Lipinski definition) is 5. The zero-order valence-electron chi connectivity index (χ0n) is 20.8. The highest BCUT2D eigenvalue weighted by Crippen LogP contribution is 2.55. The van der Waals surface area contributed by atoms with Crippen LogP contribution in [0.15, 0.2) is 60.3 Å². The Balaban J connectivity index is 1.19. The van der Waals surface area contributed by atoms with Crippen LogP contribution >= 0.6 is 0 Å². The van der Waals surface area contributed by atoms with Crippen molar-refractivity contribution in [2.45, 2.75) is 69.7 Å². The van der Waals surface area contributed by atoms with E-state index in [-0.39, 0.29) is 11.5 Å². The molecule has 0 bridgehead atoms. The minimum absolute atomic E-state index is 0.132. The number of fused-ring (bicyclic) bond motifs is 2. The molecular weight excluding hydrogens is 442 g/mol. The van der Waals surface area contributed by atoms with Crippen LogP contribution in [0.1, 0.15) is 90.5 Å². The van der Waals surface area contributed by atoms with Gasteiger partial charge in [0.15, 0.2) is 0 Å². The van der Waals surface area contributed by atoms with Gasteiger partial charge in [-0.1, -0.05) is 30.3 Å². The minimum Gasteiger partial charge on any atom is -0.383 e. The summed E-state index contributed by atoms with van der Waals surface area (Å²) in [4.78, 5) is 9.39. The summed E-state index contributed by atoms with van der Waals surface area (Å²) < 4.78 is 0. The number of nitrogen functional groups attached to an aromatic ring is 1. The third kappa shape index (κ3) is 4.05. The van der Waals surface area contributed by atoms with Gasteiger partial charge in [-0.2, -0.15) is 0 Å². The molecular formula is C31H35N5. The fourth-order valence-electron chi connectivity index (χ4n) is 6.75. The number of allylic oxidation sites excluding steroid dienone is 1. The highest BCUT2D eigenvalue weighted by molar-refractivity contribution is 6.15. The standard InChI is InChI=1S/C31H35N5/c32-28(22-6-2-4-10-26-21(18-22)8-5-17-35-26)25-11-12-27(36-30(25)34)20-13-15-31(16-14-20)19-23-7-1-3-9-24(23)29(31)33/h1,3,5,7-9,11-12,17-18,20,29,32H,2,4,6,10,13-16,19,33H2,(H2,34,36)/t20?,29-,31?/m1/s1. The number of hydrogen-bond donors (Lipinski definition) is 3. The molecule has 0 aliphatic heterocycles. The number of aromatic nitrogens is 2. The molecule has 3 aliphatic rings. The largest absolute Gasteiger partial charge is 0.383 e. The van der Waals surface area contributed by atoms with Gasteiger partial charge in [-0.05, 0) is 110 Å². The van der Waals surface area contributed by atoms with Gasteiger partial charge >= 0.3 is 0 Å². The number of benzene rings is 1. The van der Waals surface area contributed by atoms with Crippen molar-refractivity contribution in [2.75, 3.05) is 5.73 Å². The molecule has 5 nitrogen and oxygen atoms in total. The van der Waals surface area contributed by atoms with Crippen LogP contribution < -0.4 is 11.5 Å². The van der Waals surface area contributed by atoms with Crippen molar-refractivity contribution < 1.29 is 0 Å². The summed E-state index contributed by atoms with van der Waals surface area (Å²) in [5.41, 5.74) is 21.7. The second-order valence-electron chi connectivity index (χ2n) is 10.9. The number of nitrogens with two attached hydrogens (primary N) is 2. The molecule has 3 aliphatic carbocycles. The van der Waals surface area contributed by atoms with Crippen LogP contribution in [0.3, 0.4) is 0 Å². The van der Waals surface area contributed by atoms with E-state index in [1.165, 1.54) is 11.1 Å². The molecule has 36 heavy (non-hydrogen) atoms. The Labute approximate surface area is 213 Å². The maximum absolute atomic E-state index is 8.96. The van der Waals surface area contributed by atoms with Crippen LogP contribution in [0.2, 0.25) is 0 Å². The fraction of sp³-hybridized carbons (Fsp3) is 0.387. The molecule has 0 unspecified atom stereocenters. The van der Waals surface area contributed by atoms with Gasteiger partial charge in [-0.15, -0.1) is 0 Å². The minimum atomic E-state index is 0.132. The van der Waals surface area contributed by atoms with E-state index in [4.69, 9.17) is 21.9 Å². The van der Waals surface area contributed by atoms with Gasteiger partial charge in [0.2, 0.25) is 0 Å². The van der Waals surface area contributed by atoms with Crippen LogP contribution in [0.5, 0.6) is 0 Å². The Morgan fingerprint density at radius 1 is 0.972 bits per heavy atom. The van der Waals surface area contributed by atoms with Gasteiger partial charge in [0, 0.05) is 35.1 Å². The molecule has 2 heterocycles. The topological polar surface area (TPSA) is 102 Å². The fourth-order valence-corrected chi connectivity index (χ4v) is 6.75. The molecule has 5 N–H and O–H groups in total. The van der Waals surface area contributed by atoms with E-state index in [9.17, 15) is 0 Å². The van der Waals surface area contributed by atoms with Gasteiger partial charge in [-0.3, -0.25) is 10.4 Å². The lowest BCUT2D eigenvalue weighted by atomic mass is 9.66. The summed E-state index contributed by atoms with van der Waals surface area (Å²) in [6, 6.07) is 17.0. The van der Waals surface area contributed by atoms with Crippen LogP contribution in [-0.2, 0) is 12.8 Å². The summed E-state index contributed by atoms with van der Waals surface area (Å²) in [6.45, 7) is 0. The molecule has 1 spiro atoms. The van der Waals surface area contributed by atoms with Crippen molar-refractivity contribution >= 4 is 17.6 Å². The van der Waals surface area contributed by atoms with Gasteiger partial charge in [0.05, 0.1) is 5.71 Å². The first kappa shape index (κ1) is 23.1. The summed E-state index contributed by atoms with van der Waals surface area (Å²) >= 11 is 0. The van der Waals surface area contributed by atoms with Crippen molar-refractivity contribution in [1.29, 1.82) is 5.41 Å². The summed E-state index contributed by atoms with van der Waals surface area (Å²) in [6.07, 6.45) is 13.5. The quantitative estimate of drug-likeness (QED) is 0.395.